The quantitative estimate of drug-likeness (QED) is 0.697. The van der Waals surface area contributed by atoms with Gasteiger partial charge in [0.15, 0.2) is 0 Å². The fraction of sp³-hybridized carbons (Fsp3) is 0.417. The summed E-state index contributed by atoms with van der Waals surface area (Å²) in [6.07, 6.45) is -1.93. The van der Waals surface area contributed by atoms with Gasteiger partial charge in [-0.15, -0.1) is 0 Å². The first kappa shape index (κ1) is 10.5. The highest BCUT2D eigenvalue weighted by Gasteiger charge is 2.37. The topological polar surface area (TPSA) is 0 Å². The highest BCUT2D eigenvalue weighted by Crippen LogP contribution is 2.46. The van der Waals surface area contributed by atoms with Crippen molar-refractivity contribution >= 4 is 0 Å². The van der Waals surface area contributed by atoms with Crippen molar-refractivity contribution in [1.29, 1.82) is 0 Å². The van der Waals surface area contributed by atoms with Gasteiger partial charge >= 0.3 is 6.18 Å². The zero-order valence-corrected chi connectivity index (χ0v) is 8.27. The summed E-state index contributed by atoms with van der Waals surface area (Å²) >= 11 is 0. The number of benzene rings is 1. The van der Waals surface area contributed by atoms with E-state index in [1.54, 1.807) is 6.07 Å². The van der Waals surface area contributed by atoms with Gasteiger partial charge in [-0.3, -0.25) is 0 Å². The zero-order chi connectivity index (χ0) is 11.1. The van der Waals surface area contributed by atoms with Crippen LogP contribution in [0.2, 0.25) is 0 Å². The summed E-state index contributed by atoms with van der Waals surface area (Å²) in [6, 6.07) is 4.36. The normalized spacial score (nSPS) is 16.8. The molecule has 0 spiro atoms. The minimum absolute atomic E-state index is 0.119. The number of hydrogen-bond donors (Lipinski definition) is 0. The Hall–Kier alpha value is -0.990. The average Bonchev–Trinajstić information content (AvgIpc) is 2.98. The predicted molar refractivity (Wildman–Crippen MR) is 52.5 cm³/mol. The van der Waals surface area contributed by atoms with Gasteiger partial charge in [-0.1, -0.05) is 12.1 Å². The number of halogens is 3. The van der Waals surface area contributed by atoms with Crippen LogP contribution in [0.25, 0.3) is 0 Å². The van der Waals surface area contributed by atoms with E-state index < -0.39 is 11.7 Å². The molecule has 0 N–H and O–H groups in total. The van der Waals surface area contributed by atoms with Crippen molar-refractivity contribution in [3.8, 4) is 0 Å². The monoisotopic (exact) mass is 213 g/mol. The molecule has 0 amide bonds. The van der Waals surface area contributed by atoms with Gasteiger partial charge in [0.25, 0.3) is 0 Å². The van der Waals surface area contributed by atoms with E-state index in [1.807, 2.05) is 0 Å². The highest BCUT2D eigenvalue weighted by molar-refractivity contribution is 5.39. The van der Waals surface area contributed by atoms with E-state index in [4.69, 9.17) is 0 Å². The summed E-state index contributed by atoms with van der Waals surface area (Å²) in [5.41, 5.74) is 0.871. The first-order valence-electron chi connectivity index (χ1n) is 5.01. The van der Waals surface area contributed by atoms with Gasteiger partial charge in [0, 0.05) is 0 Å². The van der Waals surface area contributed by atoms with E-state index in [2.05, 4.69) is 6.92 Å². The van der Waals surface area contributed by atoms with E-state index >= 15 is 0 Å². The zero-order valence-electron chi connectivity index (χ0n) is 8.27. The molecule has 1 aliphatic rings. The van der Waals surface area contributed by atoms with Gasteiger partial charge in [-0.25, -0.2) is 0 Å². The van der Waals surface area contributed by atoms with Crippen LogP contribution in [0.3, 0.4) is 0 Å². The second kappa shape index (κ2) is 3.54. The molecule has 1 saturated carbocycles. The molecule has 1 aliphatic carbocycles. The minimum atomic E-state index is -4.22. The Balaban J connectivity index is 2.45. The lowest BCUT2D eigenvalue weighted by Gasteiger charge is -2.13. The molecule has 0 bridgehead atoms. The minimum Gasteiger partial charge on any atom is -0.166 e. The van der Waals surface area contributed by atoms with E-state index in [0.29, 0.717) is 12.0 Å². The van der Waals surface area contributed by atoms with Crippen molar-refractivity contribution in [3.05, 3.63) is 41.8 Å². The highest BCUT2D eigenvalue weighted by atomic mass is 19.4. The molecule has 1 aromatic carbocycles. The fourth-order valence-electron chi connectivity index (χ4n) is 1.76. The third-order valence-electron chi connectivity index (χ3n) is 2.73. The number of rotatable bonds is 2. The molecule has 0 aliphatic heterocycles. The molecule has 0 nitrogen and oxygen atoms in total. The lowest BCUT2D eigenvalue weighted by atomic mass is 9.99. The first-order valence-corrected chi connectivity index (χ1v) is 5.01. The van der Waals surface area contributed by atoms with E-state index in [9.17, 15) is 13.2 Å². The second-order valence-electron chi connectivity index (χ2n) is 3.94. The molecule has 3 heteroatoms. The third-order valence-corrected chi connectivity index (χ3v) is 2.73. The van der Waals surface area contributed by atoms with Crippen LogP contribution in [0.4, 0.5) is 13.2 Å². The van der Waals surface area contributed by atoms with Gasteiger partial charge in [0.05, 0.1) is 5.56 Å². The van der Waals surface area contributed by atoms with Crippen molar-refractivity contribution < 1.29 is 13.2 Å². The molecule has 2 rings (SSSR count). The molecule has 1 fully saturated rings. The molecular weight excluding hydrogens is 201 g/mol. The Morgan fingerprint density at radius 3 is 2.40 bits per heavy atom. The number of hydrogen-bond acceptors (Lipinski definition) is 0. The van der Waals surface area contributed by atoms with Crippen LogP contribution in [-0.2, 0) is 12.6 Å². The van der Waals surface area contributed by atoms with Crippen LogP contribution >= 0.6 is 0 Å². The molecule has 0 aromatic heterocycles. The summed E-state index contributed by atoms with van der Waals surface area (Å²) in [4.78, 5) is 0. The maximum Gasteiger partial charge on any atom is 0.416 e. The fourth-order valence-corrected chi connectivity index (χ4v) is 1.76. The Kier molecular flexibility index (Phi) is 2.49. The summed E-state index contributed by atoms with van der Waals surface area (Å²) in [7, 11) is 0. The molecule has 1 aromatic rings. The molecular formula is C12H12F3. The molecule has 0 saturated heterocycles. The summed E-state index contributed by atoms with van der Waals surface area (Å²) in [6.45, 7) is 3.69. The SMILES string of the molecule is [CH2]Cc1ccc(C(F)(F)F)c(C2CC2)c1. The Labute approximate surface area is 87.1 Å². The predicted octanol–water partition coefficient (Wildman–Crippen LogP) is 3.96. The maximum atomic E-state index is 12.7. The van der Waals surface area contributed by atoms with E-state index in [1.165, 1.54) is 12.1 Å². The van der Waals surface area contributed by atoms with Gasteiger partial charge in [0.1, 0.15) is 0 Å². The molecule has 0 unspecified atom stereocenters. The van der Waals surface area contributed by atoms with Gasteiger partial charge in [-0.05, 0) is 49.3 Å². The lowest BCUT2D eigenvalue weighted by molar-refractivity contribution is -0.138. The van der Waals surface area contributed by atoms with Gasteiger partial charge < -0.3 is 0 Å². The maximum absolute atomic E-state index is 12.7. The van der Waals surface area contributed by atoms with Crippen LogP contribution in [0, 0.1) is 6.92 Å². The second-order valence-corrected chi connectivity index (χ2v) is 3.94. The smallest absolute Gasteiger partial charge is 0.166 e. The van der Waals surface area contributed by atoms with Crippen LogP contribution in [0.1, 0.15) is 35.4 Å². The third kappa shape index (κ3) is 2.16. The van der Waals surface area contributed by atoms with Gasteiger partial charge in [0.2, 0.25) is 0 Å². The molecule has 81 valence electrons. The van der Waals surface area contributed by atoms with E-state index in [0.717, 1.165) is 18.4 Å². The largest absolute Gasteiger partial charge is 0.416 e. The summed E-state index contributed by atoms with van der Waals surface area (Å²) in [5.74, 6) is 0.119. The molecule has 0 heterocycles. The molecule has 1 radical (unpaired) electrons. The number of alkyl halides is 3. The van der Waals surface area contributed by atoms with Gasteiger partial charge in [-0.2, -0.15) is 13.2 Å². The van der Waals surface area contributed by atoms with Crippen molar-refractivity contribution in [1.82, 2.24) is 0 Å². The van der Waals surface area contributed by atoms with Crippen molar-refractivity contribution in [2.45, 2.75) is 31.4 Å². The van der Waals surface area contributed by atoms with Crippen molar-refractivity contribution in [2.24, 2.45) is 0 Å². The van der Waals surface area contributed by atoms with Crippen molar-refractivity contribution in [3.63, 3.8) is 0 Å². The van der Waals surface area contributed by atoms with Crippen LogP contribution in [-0.4, -0.2) is 0 Å². The van der Waals surface area contributed by atoms with E-state index in [-0.39, 0.29) is 5.92 Å². The Morgan fingerprint density at radius 2 is 1.93 bits per heavy atom. The average molecular weight is 213 g/mol. The summed E-state index contributed by atoms with van der Waals surface area (Å²) < 4.78 is 38.0. The summed E-state index contributed by atoms with van der Waals surface area (Å²) in [5, 5.41) is 0. The van der Waals surface area contributed by atoms with Crippen molar-refractivity contribution in [2.75, 3.05) is 0 Å². The van der Waals surface area contributed by atoms with Crippen LogP contribution < -0.4 is 0 Å². The molecule has 0 atom stereocenters. The Bertz CT molecular complexity index is 362. The Morgan fingerprint density at radius 1 is 1.27 bits per heavy atom. The standard InChI is InChI=1S/C12H12F3/c1-2-8-3-6-11(12(13,14)15)10(7-8)9-4-5-9/h3,6-7,9H,1-2,4-5H2. The van der Waals surface area contributed by atoms with Crippen LogP contribution in [0.15, 0.2) is 18.2 Å². The molecule has 15 heavy (non-hydrogen) atoms. The first-order chi connectivity index (χ1) is 7.02. The van der Waals surface area contributed by atoms with Crippen LogP contribution in [0.5, 0.6) is 0 Å². The lowest BCUT2D eigenvalue weighted by Crippen LogP contribution is -2.09.